The topological polar surface area (TPSA) is 35.8 Å². The smallest absolute Gasteiger partial charge is 0.0991 e. The summed E-state index contributed by atoms with van der Waals surface area (Å²) in [7, 11) is 0. The Balaban J connectivity index is 1.98. The first-order valence-corrected chi connectivity index (χ1v) is 6.55. The zero-order valence-electron chi connectivity index (χ0n) is 10.7. The van der Waals surface area contributed by atoms with Crippen molar-refractivity contribution in [3.8, 4) is 6.07 Å². The molecule has 0 aliphatic heterocycles. The third-order valence-electron chi connectivity index (χ3n) is 3.07. The Bertz CT molecular complexity index is 584. The van der Waals surface area contributed by atoms with Crippen LogP contribution < -0.4 is 5.32 Å². The Morgan fingerprint density at radius 1 is 1.16 bits per heavy atom. The van der Waals surface area contributed by atoms with Gasteiger partial charge in [0, 0.05) is 17.6 Å². The molecule has 0 aliphatic rings. The summed E-state index contributed by atoms with van der Waals surface area (Å²) in [5, 5.41) is 13.0. The second-order valence-corrected chi connectivity index (χ2v) is 4.84. The van der Waals surface area contributed by atoms with Crippen molar-refractivity contribution in [2.24, 2.45) is 0 Å². The average Bonchev–Trinajstić information content (AvgIpc) is 2.46. The number of hydrogen-bond donors (Lipinski definition) is 1. The number of nitrogens with zero attached hydrogens (tertiary/aromatic N) is 1. The molecule has 0 aromatic heterocycles. The molecule has 2 aromatic rings. The van der Waals surface area contributed by atoms with E-state index in [1.54, 1.807) is 0 Å². The lowest BCUT2D eigenvalue weighted by molar-refractivity contribution is 0.575. The van der Waals surface area contributed by atoms with E-state index in [0.29, 0.717) is 5.56 Å². The van der Waals surface area contributed by atoms with Gasteiger partial charge >= 0.3 is 0 Å². The molecular weight excluding hydrogens is 256 g/mol. The molecule has 96 valence electrons. The van der Waals surface area contributed by atoms with Gasteiger partial charge in [0.25, 0.3) is 0 Å². The largest absolute Gasteiger partial charge is 0.306 e. The Morgan fingerprint density at radius 2 is 1.84 bits per heavy atom. The van der Waals surface area contributed by atoms with Gasteiger partial charge in [0.1, 0.15) is 0 Å². The number of hydrogen-bond acceptors (Lipinski definition) is 2. The Morgan fingerprint density at radius 3 is 2.47 bits per heavy atom. The van der Waals surface area contributed by atoms with Crippen LogP contribution >= 0.6 is 11.6 Å². The zero-order chi connectivity index (χ0) is 13.7. The molecule has 1 atom stereocenters. The highest BCUT2D eigenvalue weighted by Crippen LogP contribution is 2.22. The fraction of sp³-hybridized carbons (Fsp3) is 0.188. The molecule has 0 saturated heterocycles. The minimum Gasteiger partial charge on any atom is -0.306 e. The molecule has 0 bridgehead atoms. The van der Waals surface area contributed by atoms with E-state index in [4.69, 9.17) is 16.9 Å². The molecule has 0 fully saturated rings. The van der Waals surface area contributed by atoms with Gasteiger partial charge in [-0.3, -0.25) is 0 Å². The highest BCUT2D eigenvalue weighted by Gasteiger charge is 2.08. The molecule has 2 nitrogen and oxygen atoms in total. The van der Waals surface area contributed by atoms with E-state index in [1.165, 1.54) is 0 Å². The van der Waals surface area contributed by atoms with Crippen molar-refractivity contribution in [2.75, 3.05) is 0 Å². The summed E-state index contributed by atoms with van der Waals surface area (Å²) in [5.74, 6) is 0. The maximum absolute atomic E-state index is 8.75. The van der Waals surface area contributed by atoms with E-state index in [2.05, 4.69) is 18.3 Å². The number of nitrogens with one attached hydrogen (secondary N) is 1. The highest BCUT2D eigenvalue weighted by molar-refractivity contribution is 6.31. The van der Waals surface area contributed by atoms with Gasteiger partial charge in [-0.1, -0.05) is 41.9 Å². The van der Waals surface area contributed by atoms with Gasteiger partial charge < -0.3 is 5.32 Å². The number of benzene rings is 2. The molecule has 0 heterocycles. The first-order valence-electron chi connectivity index (χ1n) is 6.17. The first kappa shape index (κ1) is 13.6. The quantitative estimate of drug-likeness (QED) is 0.909. The number of rotatable bonds is 4. The molecular formula is C16H15ClN2. The van der Waals surface area contributed by atoms with E-state index in [0.717, 1.165) is 22.7 Å². The monoisotopic (exact) mass is 270 g/mol. The molecule has 0 aliphatic carbocycles. The van der Waals surface area contributed by atoms with Crippen molar-refractivity contribution in [3.63, 3.8) is 0 Å². The second kappa shape index (κ2) is 6.38. The minimum absolute atomic E-state index is 0.185. The lowest BCUT2D eigenvalue weighted by atomic mass is 10.1. The van der Waals surface area contributed by atoms with Crippen LogP contribution in [-0.4, -0.2) is 0 Å². The van der Waals surface area contributed by atoms with Crippen molar-refractivity contribution in [2.45, 2.75) is 19.5 Å². The lowest BCUT2D eigenvalue weighted by Gasteiger charge is -2.15. The Labute approximate surface area is 118 Å². The van der Waals surface area contributed by atoms with E-state index in [1.807, 2.05) is 48.5 Å². The molecule has 19 heavy (non-hydrogen) atoms. The van der Waals surface area contributed by atoms with Gasteiger partial charge in [-0.2, -0.15) is 5.26 Å². The molecule has 0 spiro atoms. The number of halogens is 1. The normalized spacial score (nSPS) is 11.8. The zero-order valence-corrected chi connectivity index (χ0v) is 11.5. The predicted octanol–water partition coefficient (Wildman–Crippen LogP) is 4.06. The molecule has 1 N–H and O–H groups in total. The van der Waals surface area contributed by atoms with Crippen molar-refractivity contribution in [3.05, 3.63) is 70.2 Å². The Kier molecular flexibility index (Phi) is 4.57. The lowest BCUT2D eigenvalue weighted by Crippen LogP contribution is -2.18. The highest BCUT2D eigenvalue weighted by atomic mass is 35.5. The molecule has 1 unspecified atom stereocenters. The second-order valence-electron chi connectivity index (χ2n) is 4.43. The van der Waals surface area contributed by atoms with Crippen molar-refractivity contribution in [1.82, 2.24) is 5.32 Å². The fourth-order valence-corrected chi connectivity index (χ4v) is 2.20. The molecule has 0 amide bonds. The standard InChI is InChI=1S/C16H15ClN2/c1-12(15-4-2-3-5-16(15)17)19-11-14-8-6-13(10-18)7-9-14/h2-9,12,19H,11H2,1H3. The van der Waals surface area contributed by atoms with Crippen LogP contribution in [0.3, 0.4) is 0 Å². The van der Waals surface area contributed by atoms with Crippen LogP contribution in [0.5, 0.6) is 0 Å². The summed E-state index contributed by atoms with van der Waals surface area (Å²) in [6.45, 7) is 2.84. The molecule has 0 radical (unpaired) electrons. The van der Waals surface area contributed by atoms with Crippen LogP contribution in [0.2, 0.25) is 5.02 Å². The maximum atomic E-state index is 8.75. The van der Waals surface area contributed by atoms with Gasteiger partial charge in [-0.25, -0.2) is 0 Å². The third kappa shape index (κ3) is 3.57. The van der Waals surface area contributed by atoms with Gasteiger partial charge in [-0.15, -0.1) is 0 Å². The summed E-state index contributed by atoms with van der Waals surface area (Å²) in [4.78, 5) is 0. The summed E-state index contributed by atoms with van der Waals surface area (Å²) in [5.41, 5.74) is 2.93. The van der Waals surface area contributed by atoms with E-state index < -0.39 is 0 Å². The maximum Gasteiger partial charge on any atom is 0.0991 e. The van der Waals surface area contributed by atoms with Crippen LogP contribution in [0.1, 0.15) is 29.7 Å². The van der Waals surface area contributed by atoms with E-state index in [-0.39, 0.29) is 6.04 Å². The molecule has 2 rings (SSSR count). The molecule has 2 aromatic carbocycles. The summed E-state index contributed by atoms with van der Waals surface area (Å²) < 4.78 is 0. The van der Waals surface area contributed by atoms with E-state index in [9.17, 15) is 0 Å². The van der Waals surface area contributed by atoms with Crippen molar-refractivity contribution >= 4 is 11.6 Å². The Hall–Kier alpha value is -1.82. The van der Waals surface area contributed by atoms with Crippen LogP contribution in [-0.2, 0) is 6.54 Å². The van der Waals surface area contributed by atoms with Crippen LogP contribution in [0.4, 0.5) is 0 Å². The van der Waals surface area contributed by atoms with Crippen LogP contribution in [0, 0.1) is 11.3 Å². The SMILES string of the molecule is CC(NCc1ccc(C#N)cc1)c1ccccc1Cl. The first-order chi connectivity index (χ1) is 9.20. The third-order valence-corrected chi connectivity index (χ3v) is 3.41. The fourth-order valence-electron chi connectivity index (χ4n) is 1.90. The van der Waals surface area contributed by atoms with Crippen LogP contribution in [0.15, 0.2) is 48.5 Å². The molecule has 0 saturated carbocycles. The van der Waals surface area contributed by atoms with Crippen LogP contribution in [0.25, 0.3) is 0 Å². The average molecular weight is 271 g/mol. The predicted molar refractivity (Wildman–Crippen MR) is 77.9 cm³/mol. The molecule has 3 heteroatoms. The van der Waals surface area contributed by atoms with Crippen molar-refractivity contribution in [1.29, 1.82) is 5.26 Å². The van der Waals surface area contributed by atoms with E-state index >= 15 is 0 Å². The summed E-state index contributed by atoms with van der Waals surface area (Å²) in [6, 6.07) is 17.7. The van der Waals surface area contributed by atoms with Gasteiger partial charge in [0.2, 0.25) is 0 Å². The summed E-state index contributed by atoms with van der Waals surface area (Å²) >= 11 is 6.16. The summed E-state index contributed by atoms with van der Waals surface area (Å²) in [6.07, 6.45) is 0. The van der Waals surface area contributed by atoms with Gasteiger partial charge in [0.05, 0.1) is 11.6 Å². The number of nitriles is 1. The minimum atomic E-state index is 0.185. The van der Waals surface area contributed by atoms with Crippen molar-refractivity contribution < 1.29 is 0 Å². The van der Waals surface area contributed by atoms with Gasteiger partial charge in [0.15, 0.2) is 0 Å². The van der Waals surface area contributed by atoms with Gasteiger partial charge in [-0.05, 0) is 36.2 Å².